The number of para-hydroxylation sites is 1. The standard InChI is InChI=1S/C11H15N3OS/c12-10-7(9-5-2-6-16-9)3-1-4-8(10)11(15)14-13/h1,3-4,9H,2,5-6,12-13H2,(H,14,15). The third-order valence-electron chi connectivity index (χ3n) is 2.79. The van der Waals surface area contributed by atoms with Crippen LogP contribution < -0.4 is 17.0 Å². The summed E-state index contributed by atoms with van der Waals surface area (Å²) < 4.78 is 0. The molecule has 86 valence electrons. The highest BCUT2D eigenvalue weighted by atomic mass is 32.2. The Labute approximate surface area is 98.7 Å². The van der Waals surface area contributed by atoms with E-state index in [1.807, 2.05) is 23.9 Å². The van der Waals surface area contributed by atoms with Crippen LogP contribution in [0.25, 0.3) is 0 Å². The normalized spacial score (nSPS) is 19.7. The number of benzene rings is 1. The zero-order valence-corrected chi connectivity index (χ0v) is 9.72. The van der Waals surface area contributed by atoms with Crippen LogP contribution in [0.3, 0.4) is 0 Å². The van der Waals surface area contributed by atoms with E-state index in [-0.39, 0.29) is 5.91 Å². The molecule has 2 rings (SSSR count). The number of hydrogen-bond donors (Lipinski definition) is 3. The van der Waals surface area contributed by atoms with Crippen molar-refractivity contribution in [2.24, 2.45) is 5.84 Å². The molecule has 0 aliphatic carbocycles. The van der Waals surface area contributed by atoms with Gasteiger partial charge in [-0.2, -0.15) is 11.8 Å². The summed E-state index contributed by atoms with van der Waals surface area (Å²) in [6, 6.07) is 5.54. The number of amides is 1. The average Bonchev–Trinajstić information content (AvgIpc) is 2.82. The highest BCUT2D eigenvalue weighted by Gasteiger charge is 2.22. The largest absolute Gasteiger partial charge is 0.398 e. The Morgan fingerprint density at radius 2 is 2.31 bits per heavy atom. The molecule has 4 nitrogen and oxygen atoms in total. The number of nitrogens with two attached hydrogens (primary N) is 2. The van der Waals surface area contributed by atoms with Crippen molar-refractivity contribution < 1.29 is 4.79 Å². The molecule has 0 radical (unpaired) electrons. The van der Waals surface area contributed by atoms with Crippen LogP contribution in [0.2, 0.25) is 0 Å². The minimum Gasteiger partial charge on any atom is -0.398 e. The van der Waals surface area contributed by atoms with Crippen LogP contribution in [0.5, 0.6) is 0 Å². The van der Waals surface area contributed by atoms with Gasteiger partial charge in [0.05, 0.1) is 5.56 Å². The molecule has 1 atom stereocenters. The molecular formula is C11H15N3OS. The van der Waals surface area contributed by atoms with Gasteiger partial charge in [0.2, 0.25) is 0 Å². The molecule has 0 saturated carbocycles. The fourth-order valence-electron chi connectivity index (χ4n) is 1.96. The maximum absolute atomic E-state index is 11.5. The van der Waals surface area contributed by atoms with Gasteiger partial charge in [0.1, 0.15) is 0 Å². The summed E-state index contributed by atoms with van der Waals surface area (Å²) >= 11 is 1.89. The Balaban J connectivity index is 2.35. The summed E-state index contributed by atoms with van der Waals surface area (Å²) in [5.74, 6) is 5.95. The monoisotopic (exact) mass is 237 g/mol. The lowest BCUT2D eigenvalue weighted by Gasteiger charge is -2.14. The number of rotatable bonds is 2. The Hall–Kier alpha value is -1.20. The van der Waals surface area contributed by atoms with Crippen LogP contribution in [0.15, 0.2) is 18.2 Å². The Morgan fingerprint density at radius 1 is 1.50 bits per heavy atom. The first-order valence-electron chi connectivity index (χ1n) is 5.25. The van der Waals surface area contributed by atoms with E-state index >= 15 is 0 Å². The Kier molecular flexibility index (Phi) is 3.36. The first-order valence-corrected chi connectivity index (χ1v) is 6.30. The van der Waals surface area contributed by atoms with Gasteiger partial charge in [-0.3, -0.25) is 10.2 Å². The SMILES string of the molecule is NNC(=O)c1cccc(C2CCCS2)c1N. The Morgan fingerprint density at radius 3 is 2.94 bits per heavy atom. The molecular weight excluding hydrogens is 222 g/mol. The van der Waals surface area contributed by atoms with Gasteiger partial charge >= 0.3 is 0 Å². The molecule has 0 bridgehead atoms. The van der Waals surface area contributed by atoms with Crippen molar-refractivity contribution in [1.82, 2.24) is 5.43 Å². The van der Waals surface area contributed by atoms with E-state index < -0.39 is 0 Å². The summed E-state index contributed by atoms with van der Waals surface area (Å²) in [6.45, 7) is 0. The number of carbonyl (C=O) groups excluding carboxylic acids is 1. The molecule has 5 heteroatoms. The quantitative estimate of drug-likeness (QED) is 0.315. The second-order valence-corrected chi connectivity index (χ2v) is 5.09. The summed E-state index contributed by atoms with van der Waals surface area (Å²) in [5.41, 5.74) is 10.2. The maximum atomic E-state index is 11.5. The lowest BCUT2D eigenvalue weighted by molar-refractivity contribution is 0.0954. The highest BCUT2D eigenvalue weighted by molar-refractivity contribution is 7.99. The summed E-state index contributed by atoms with van der Waals surface area (Å²) in [4.78, 5) is 11.5. The van der Waals surface area contributed by atoms with Gasteiger partial charge < -0.3 is 5.73 Å². The molecule has 1 fully saturated rings. The van der Waals surface area contributed by atoms with Crippen molar-refractivity contribution >= 4 is 23.4 Å². The van der Waals surface area contributed by atoms with E-state index in [0.29, 0.717) is 16.5 Å². The fourth-order valence-corrected chi connectivity index (χ4v) is 3.30. The fraction of sp³-hybridized carbons (Fsp3) is 0.364. The first-order chi connectivity index (χ1) is 7.74. The van der Waals surface area contributed by atoms with E-state index in [4.69, 9.17) is 11.6 Å². The van der Waals surface area contributed by atoms with Crippen molar-refractivity contribution in [3.63, 3.8) is 0 Å². The molecule has 16 heavy (non-hydrogen) atoms. The zero-order valence-electron chi connectivity index (χ0n) is 8.90. The van der Waals surface area contributed by atoms with Gasteiger partial charge in [-0.1, -0.05) is 12.1 Å². The molecule has 1 aromatic rings. The smallest absolute Gasteiger partial charge is 0.267 e. The van der Waals surface area contributed by atoms with Crippen LogP contribution in [-0.4, -0.2) is 11.7 Å². The number of hydrogen-bond acceptors (Lipinski definition) is 4. The number of anilines is 1. The molecule has 1 heterocycles. The van der Waals surface area contributed by atoms with Crippen LogP contribution in [0.1, 0.15) is 34.0 Å². The van der Waals surface area contributed by atoms with E-state index in [9.17, 15) is 4.79 Å². The first kappa shape index (κ1) is 11.3. The predicted octanol–water partition coefficient (Wildman–Crippen LogP) is 1.44. The van der Waals surface area contributed by atoms with Crippen molar-refractivity contribution in [2.75, 3.05) is 11.5 Å². The van der Waals surface area contributed by atoms with Gasteiger partial charge in [0, 0.05) is 10.9 Å². The molecule has 0 aromatic heterocycles. The molecule has 1 aliphatic rings. The second kappa shape index (κ2) is 4.76. The number of hydrazine groups is 1. The second-order valence-electron chi connectivity index (χ2n) is 3.78. The predicted molar refractivity (Wildman–Crippen MR) is 66.9 cm³/mol. The van der Waals surface area contributed by atoms with E-state index in [0.717, 1.165) is 17.7 Å². The molecule has 1 amide bonds. The number of nitrogen functional groups attached to an aromatic ring is 2. The van der Waals surface area contributed by atoms with Gasteiger partial charge in [0.15, 0.2) is 0 Å². The Bertz CT molecular complexity index is 402. The molecule has 1 aromatic carbocycles. The number of thioether (sulfide) groups is 1. The number of nitrogens with one attached hydrogen (secondary N) is 1. The van der Waals surface area contributed by atoms with Gasteiger partial charge in [-0.05, 0) is 30.2 Å². The van der Waals surface area contributed by atoms with Crippen LogP contribution in [-0.2, 0) is 0 Å². The summed E-state index contributed by atoms with van der Waals surface area (Å²) in [5, 5.41) is 0.422. The van der Waals surface area contributed by atoms with Gasteiger partial charge in [-0.25, -0.2) is 5.84 Å². The van der Waals surface area contributed by atoms with E-state index in [1.165, 1.54) is 6.42 Å². The van der Waals surface area contributed by atoms with E-state index in [1.54, 1.807) is 6.07 Å². The third kappa shape index (κ3) is 2.01. The lowest BCUT2D eigenvalue weighted by atomic mass is 10.0. The summed E-state index contributed by atoms with van der Waals surface area (Å²) in [6.07, 6.45) is 2.34. The molecule has 1 saturated heterocycles. The van der Waals surface area contributed by atoms with Crippen LogP contribution >= 0.6 is 11.8 Å². The lowest BCUT2D eigenvalue weighted by Crippen LogP contribution is -2.30. The molecule has 5 N–H and O–H groups in total. The van der Waals surface area contributed by atoms with Crippen molar-refractivity contribution in [1.29, 1.82) is 0 Å². The highest BCUT2D eigenvalue weighted by Crippen LogP contribution is 2.42. The minimum atomic E-state index is -0.331. The van der Waals surface area contributed by atoms with Crippen LogP contribution in [0, 0.1) is 0 Å². The van der Waals surface area contributed by atoms with E-state index in [2.05, 4.69) is 5.43 Å². The van der Waals surface area contributed by atoms with Crippen molar-refractivity contribution in [2.45, 2.75) is 18.1 Å². The molecule has 1 aliphatic heterocycles. The van der Waals surface area contributed by atoms with Gasteiger partial charge in [0.25, 0.3) is 5.91 Å². The van der Waals surface area contributed by atoms with Crippen LogP contribution in [0.4, 0.5) is 5.69 Å². The third-order valence-corrected chi connectivity index (χ3v) is 4.21. The molecule has 0 spiro atoms. The van der Waals surface area contributed by atoms with Crippen molar-refractivity contribution in [3.05, 3.63) is 29.3 Å². The zero-order chi connectivity index (χ0) is 11.5. The van der Waals surface area contributed by atoms with Crippen molar-refractivity contribution in [3.8, 4) is 0 Å². The minimum absolute atomic E-state index is 0.331. The topological polar surface area (TPSA) is 81.1 Å². The molecule has 1 unspecified atom stereocenters. The summed E-state index contributed by atoms with van der Waals surface area (Å²) in [7, 11) is 0. The van der Waals surface area contributed by atoms with Gasteiger partial charge in [-0.15, -0.1) is 0 Å². The number of carbonyl (C=O) groups is 1. The average molecular weight is 237 g/mol. The maximum Gasteiger partial charge on any atom is 0.267 e.